The zero-order valence-electron chi connectivity index (χ0n) is 7.74. The van der Waals surface area contributed by atoms with E-state index in [1.165, 1.54) is 0 Å². The normalized spacial score (nSPS) is 11.4. The van der Waals surface area contributed by atoms with Crippen LogP contribution in [-0.2, 0) is 15.6 Å². The van der Waals surface area contributed by atoms with Crippen molar-refractivity contribution in [3.05, 3.63) is 38.1 Å². The highest BCUT2D eigenvalue weighted by Gasteiger charge is 2.17. The van der Waals surface area contributed by atoms with Gasteiger partial charge in [-0.1, -0.05) is 22.5 Å². The molecule has 16 heavy (non-hydrogen) atoms. The topological polar surface area (TPSA) is 89.0 Å². The predicted molar refractivity (Wildman–Crippen MR) is 62.4 cm³/mol. The Bertz CT molecular complexity index is 645. The summed E-state index contributed by atoms with van der Waals surface area (Å²) in [5.74, 6) is 0. The van der Waals surface area contributed by atoms with Crippen molar-refractivity contribution in [2.45, 2.75) is 11.4 Å². The SMILES string of the molecule is C=C(Br)Cn1cc(S(=O)(=O)Cl)c(=O)[nH]c1=O. The molecule has 1 aromatic heterocycles. The molecule has 1 heterocycles. The van der Waals surface area contributed by atoms with Gasteiger partial charge in [0.15, 0.2) is 4.90 Å². The van der Waals surface area contributed by atoms with Crippen molar-refractivity contribution in [2.75, 3.05) is 0 Å². The molecule has 0 amide bonds. The van der Waals surface area contributed by atoms with Crippen LogP contribution in [0.25, 0.3) is 0 Å². The van der Waals surface area contributed by atoms with E-state index >= 15 is 0 Å². The molecule has 0 atom stereocenters. The standard InChI is InChI=1S/C7H6BrClN2O4S/c1-4(8)2-11-3-5(16(9,14)15)6(12)10-7(11)13/h3H,1-2H2,(H,10,12,13). The van der Waals surface area contributed by atoms with E-state index in [1.807, 2.05) is 4.98 Å². The van der Waals surface area contributed by atoms with Crippen LogP contribution in [0, 0.1) is 0 Å². The molecule has 0 radical (unpaired) electrons. The van der Waals surface area contributed by atoms with Crippen LogP contribution in [0.15, 0.2) is 31.7 Å². The lowest BCUT2D eigenvalue weighted by atomic mass is 10.5. The number of allylic oxidation sites excluding steroid dienone is 1. The molecular weight excluding hydrogens is 324 g/mol. The molecule has 0 saturated heterocycles. The van der Waals surface area contributed by atoms with E-state index in [-0.39, 0.29) is 6.54 Å². The number of rotatable bonds is 3. The molecule has 0 aliphatic heterocycles. The first-order chi connectivity index (χ1) is 7.21. The van der Waals surface area contributed by atoms with Crippen LogP contribution in [0.1, 0.15) is 0 Å². The highest BCUT2D eigenvalue weighted by molar-refractivity contribution is 9.11. The molecule has 9 heteroatoms. The summed E-state index contributed by atoms with van der Waals surface area (Å²) < 4.78 is 23.4. The Balaban J connectivity index is 3.51. The third-order valence-corrected chi connectivity index (χ3v) is 3.15. The second-order valence-electron chi connectivity index (χ2n) is 2.84. The molecule has 88 valence electrons. The van der Waals surface area contributed by atoms with Crippen LogP contribution in [0.3, 0.4) is 0 Å². The number of hydrogen-bond donors (Lipinski definition) is 1. The number of halogens is 2. The van der Waals surface area contributed by atoms with Gasteiger partial charge in [0.25, 0.3) is 14.6 Å². The number of nitrogens with one attached hydrogen (secondary N) is 1. The van der Waals surface area contributed by atoms with Gasteiger partial charge in [-0.2, -0.15) is 0 Å². The van der Waals surface area contributed by atoms with Crippen LogP contribution >= 0.6 is 26.6 Å². The Labute approximate surface area is 103 Å². The van der Waals surface area contributed by atoms with Crippen LogP contribution in [-0.4, -0.2) is 18.0 Å². The summed E-state index contributed by atoms with van der Waals surface area (Å²) in [5, 5.41) is 0. The van der Waals surface area contributed by atoms with Gasteiger partial charge in [0.2, 0.25) is 0 Å². The van der Waals surface area contributed by atoms with Crippen molar-refractivity contribution in [2.24, 2.45) is 0 Å². The molecule has 6 nitrogen and oxygen atoms in total. The van der Waals surface area contributed by atoms with Crippen molar-refractivity contribution in [1.29, 1.82) is 0 Å². The molecule has 0 aromatic carbocycles. The quantitative estimate of drug-likeness (QED) is 0.812. The van der Waals surface area contributed by atoms with Gasteiger partial charge < -0.3 is 0 Å². The molecule has 0 aliphatic rings. The lowest BCUT2D eigenvalue weighted by Gasteiger charge is -2.04. The number of aromatic nitrogens is 2. The van der Waals surface area contributed by atoms with Crippen molar-refractivity contribution in [1.82, 2.24) is 9.55 Å². The maximum atomic E-state index is 11.3. The highest BCUT2D eigenvalue weighted by Crippen LogP contribution is 2.09. The second-order valence-corrected chi connectivity index (χ2v) is 6.49. The molecule has 0 spiro atoms. The van der Waals surface area contributed by atoms with Gasteiger partial charge in [-0.15, -0.1) is 0 Å². The average molecular weight is 330 g/mol. The zero-order chi connectivity index (χ0) is 12.5. The lowest BCUT2D eigenvalue weighted by molar-refractivity contribution is 0.603. The first-order valence-corrected chi connectivity index (χ1v) is 6.94. The molecule has 0 aliphatic carbocycles. The van der Waals surface area contributed by atoms with E-state index in [1.54, 1.807) is 0 Å². The summed E-state index contributed by atoms with van der Waals surface area (Å²) >= 11 is 3.01. The number of H-pyrrole nitrogens is 1. The monoisotopic (exact) mass is 328 g/mol. The Kier molecular flexibility index (Phi) is 3.76. The largest absolute Gasteiger partial charge is 0.328 e. The Morgan fingerprint density at radius 2 is 2.12 bits per heavy atom. The minimum absolute atomic E-state index is 0.0228. The Hall–Kier alpha value is -0.860. The molecule has 1 rings (SSSR count). The van der Waals surface area contributed by atoms with Crippen molar-refractivity contribution < 1.29 is 8.42 Å². The summed E-state index contributed by atoms with van der Waals surface area (Å²) in [6.45, 7) is 3.51. The molecule has 1 N–H and O–H groups in total. The minimum Gasteiger partial charge on any atom is -0.294 e. The summed E-state index contributed by atoms with van der Waals surface area (Å²) in [7, 11) is 0.843. The van der Waals surface area contributed by atoms with Gasteiger partial charge >= 0.3 is 5.69 Å². The fourth-order valence-corrected chi connectivity index (χ4v) is 2.09. The van der Waals surface area contributed by atoms with E-state index < -0.39 is 25.2 Å². The van der Waals surface area contributed by atoms with E-state index in [9.17, 15) is 18.0 Å². The van der Waals surface area contributed by atoms with Gasteiger partial charge in [0.05, 0.1) is 6.54 Å². The fraction of sp³-hybridized carbons (Fsp3) is 0.143. The first kappa shape index (κ1) is 13.2. The maximum Gasteiger partial charge on any atom is 0.328 e. The number of aromatic amines is 1. The van der Waals surface area contributed by atoms with Gasteiger partial charge in [-0.3, -0.25) is 14.3 Å². The zero-order valence-corrected chi connectivity index (χ0v) is 10.9. The summed E-state index contributed by atoms with van der Waals surface area (Å²) in [6.07, 6.45) is 0.871. The molecule has 0 bridgehead atoms. The summed E-state index contributed by atoms with van der Waals surface area (Å²) in [4.78, 5) is 23.6. The predicted octanol–water partition coefficient (Wildman–Crippen LogP) is 0.373. The highest BCUT2D eigenvalue weighted by atomic mass is 79.9. The Morgan fingerprint density at radius 3 is 2.56 bits per heavy atom. The molecular formula is C7H6BrClN2O4S. The number of nitrogens with zero attached hydrogens (tertiary/aromatic N) is 1. The molecule has 0 unspecified atom stereocenters. The third kappa shape index (κ3) is 3.06. The average Bonchev–Trinajstić information content (AvgIpc) is 2.06. The van der Waals surface area contributed by atoms with Crippen molar-refractivity contribution in [3.63, 3.8) is 0 Å². The van der Waals surface area contributed by atoms with Gasteiger partial charge in [0, 0.05) is 21.4 Å². The molecule has 1 aromatic rings. The minimum atomic E-state index is -4.18. The summed E-state index contributed by atoms with van der Waals surface area (Å²) in [5.41, 5.74) is -1.79. The smallest absolute Gasteiger partial charge is 0.294 e. The number of hydrogen-bond acceptors (Lipinski definition) is 4. The van der Waals surface area contributed by atoms with Crippen LogP contribution in [0.4, 0.5) is 0 Å². The van der Waals surface area contributed by atoms with E-state index in [0.717, 1.165) is 10.8 Å². The van der Waals surface area contributed by atoms with Crippen LogP contribution < -0.4 is 11.2 Å². The van der Waals surface area contributed by atoms with Gasteiger partial charge in [-0.05, 0) is 0 Å². The van der Waals surface area contributed by atoms with E-state index in [0.29, 0.717) is 4.48 Å². The van der Waals surface area contributed by atoms with Crippen molar-refractivity contribution in [3.8, 4) is 0 Å². The Morgan fingerprint density at radius 1 is 1.56 bits per heavy atom. The summed E-state index contributed by atoms with van der Waals surface area (Å²) in [6, 6.07) is 0. The van der Waals surface area contributed by atoms with Crippen LogP contribution in [0.5, 0.6) is 0 Å². The van der Waals surface area contributed by atoms with E-state index in [4.69, 9.17) is 10.7 Å². The van der Waals surface area contributed by atoms with Gasteiger partial charge in [-0.25, -0.2) is 13.2 Å². The van der Waals surface area contributed by atoms with E-state index in [2.05, 4.69) is 22.5 Å². The molecule has 0 saturated carbocycles. The maximum absolute atomic E-state index is 11.3. The third-order valence-electron chi connectivity index (χ3n) is 1.58. The van der Waals surface area contributed by atoms with Crippen molar-refractivity contribution >= 4 is 35.7 Å². The second kappa shape index (κ2) is 4.56. The fourth-order valence-electron chi connectivity index (χ4n) is 0.965. The van der Waals surface area contributed by atoms with Crippen LogP contribution in [0.2, 0.25) is 0 Å². The lowest BCUT2D eigenvalue weighted by Crippen LogP contribution is -2.32. The van der Waals surface area contributed by atoms with Gasteiger partial charge in [0.1, 0.15) is 0 Å². The molecule has 0 fully saturated rings. The first-order valence-electron chi connectivity index (χ1n) is 3.83.